The third-order valence-corrected chi connectivity index (χ3v) is 14.3. The molecular weight excluding hydrogens is 771 g/mol. The number of benzene rings is 3. The predicted molar refractivity (Wildman–Crippen MR) is 232 cm³/mol. The van der Waals surface area contributed by atoms with Crippen molar-refractivity contribution in [1.29, 1.82) is 0 Å². The average molecular weight is 826 g/mol. The molecule has 3 atom stereocenters. The summed E-state index contributed by atoms with van der Waals surface area (Å²) in [6, 6.07) is 22.3. The van der Waals surface area contributed by atoms with E-state index >= 15 is 0 Å². The van der Waals surface area contributed by atoms with E-state index in [1.807, 2.05) is 36.4 Å². The van der Waals surface area contributed by atoms with E-state index in [1.165, 1.54) is 16.2 Å². The quantitative estimate of drug-likeness (QED) is 0.209. The number of imide groups is 1. The maximum absolute atomic E-state index is 13.8. The Balaban J connectivity index is 0.708. The van der Waals surface area contributed by atoms with Gasteiger partial charge in [0.15, 0.2) is 0 Å². The van der Waals surface area contributed by atoms with Crippen LogP contribution in [0, 0.1) is 11.8 Å². The number of carbonyl (C=O) groups is 4. The molecule has 6 N–H and O–H groups in total. The summed E-state index contributed by atoms with van der Waals surface area (Å²) in [5.74, 6) is 0.958. The van der Waals surface area contributed by atoms with Crippen molar-refractivity contribution < 1.29 is 24.3 Å². The van der Waals surface area contributed by atoms with Crippen LogP contribution >= 0.6 is 0 Å². The lowest BCUT2D eigenvalue weighted by Crippen LogP contribution is -2.54. The molecule has 0 aromatic heterocycles. The molecule has 14 heteroatoms. The highest BCUT2D eigenvalue weighted by atomic mass is 16.3. The lowest BCUT2D eigenvalue weighted by Gasteiger charge is -2.44. The summed E-state index contributed by atoms with van der Waals surface area (Å²) in [4.78, 5) is 62.7. The Labute approximate surface area is 356 Å². The lowest BCUT2D eigenvalue weighted by molar-refractivity contribution is -0.137. The zero-order valence-corrected chi connectivity index (χ0v) is 34.5. The molecule has 2 bridgehead atoms. The molecular formula is C47H55N9O5. The molecule has 5 fully saturated rings. The number of anilines is 2. The second-order valence-corrected chi connectivity index (χ2v) is 17.9. The molecule has 10 rings (SSSR count). The Bertz CT molecular complexity index is 2290. The highest BCUT2D eigenvalue weighted by Crippen LogP contribution is 2.39. The third-order valence-electron chi connectivity index (χ3n) is 14.3. The van der Waals surface area contributed by atoms with Gasteiger partial charge in [0.25, 0.3) is 11.8 Å². The zero-order valence-electron chi connectivity index (χ0n) is 34.5. The Hall–Kier alpha value is -6.18. The van der Waals surface area contributed by atoms with Gasteiger partial charge in [0.05, 0.1) is 28.6 Å². The smallest absolute Gasteiger partial charge is 0.261 e. The summed E-state index contributed by atoms with van der Waals surface area (Å²) in [5.41, 5.74) is 19.6. The number of nitrogens with one attached hydrogen (secondary N) is 3. The van der Waals surface area contributed by atoms with Crippen LogP contribution in [0.5, 0.6) is 5.75 Å². The van der Waals surface area contributed by atoms with E-state index < -0.39 is 0 Å². The van der Waals surface area contributed by atoms with Gasteiger partial charge in [-0.2, -0.15) is 0 Å². The molecule has 3 aromatic rings. The minimum Gasteiger partial charge on any atom is -0.507 e. The van der Waals surface area contributed by atoms with Crippen LogP contribution in [0.1, 0.15) is 83.2 Å². The zero-order chi connectivity index (χ0) is 41.8. The number of fused-ring (bicyclic) bond motifs is 3. The van der Waals surface area contributed by atoms with Gasteiger partial charge in [-0.1, -0.05) is 24.3 Å². The number of phenolic OH excluding ortho intramolecular Hbond substituents is 1. The summed E-state index contributed by atoms with van der Waals surface area (Å²) < 4.78 is 0. The first-order chi connectivity index (χ1) is 29.7. The van der Waals surface area contributed by atoms with E-state index in [9.17, 15) is 24.3 Å². The van der Waals surface area contributed by atoms with Gasteiger partial charge >= 0.3 is 0 Å². The third kappa shape index (κ3) is 7.39. The highest BCUT2D eigenvalue weighted by molar-refractivity contribution is 6.22. The molecule has 5 saturated heterocycles. The number of likely N-dealkylation sites (tertiary alicyclic amines) is 2. The number of carbonyl (C=O) groups excluding carboxylic acids is 4. The second-order valence-electron chi connectivity index (χ2n) is 17.9. The van der Waals surface area contributed by atoms with E-state index in [4.69, 9.17) is 5.73 Å². The lowest BCUT2D eigenvalue weighted by atomic mass is 9.88. The number of hydrogen-bond donors (Lipinski definition) is 5. The molecule has 318 valence electrons. The van der Waals surface area contributed by atoms with E-state index in [1.54, 1.807) is 12.1 Å². The number of piperazine rings is 1. The normalized spacial score (nSPS) is 24.7. The van der Waals surface area contributed by atoms with Crippen LogP contribution in [0.25, 0.3) is 5.70 Å². The molecule has 7 heterocycles. The number of amides is 4. The van der Waals surface area contributed by atoms with E-state index in [-0.39, 0.29) is 41.3 Å². The maximum Gasteiger partial charge on any atom is 0.261 e. The van der Waals surface area contributed by atoms with Crippen LogP contribution in [0.4, 0.5) is 11.4 Å². The van der Waals surface area contributed by atoms with Gasteiger partial charge in [0.2, 0.25) is 11.8 Å². The van der Waals surface area contributed by atoms with Crippen LogP contribution < -0.4 is 31.7 Å². The van der Waals surface area contributed by atoms with E-state index in [0.29, 0.717) is 54.3 Å². The number of allylic oxidation sites excluding steroid dienone is 1. The van der Waals surface area contributed by atoms with Crippen molar-refractivity contribution in [3.05, 3.63) is 107 Å². The van der Waals surface area contributed by atoms with Crippen molar-refractivity contribution in [1.82, 2.24) is 30.9 Å². The number of hydrogen-bond acceptors (Lipinski definition) is 11. The fraction of sp³-hybridized carbons (Fsp3) is 0.447. The van der Waals surface area contributed by atoms with Crippen LogP contribution in [-0.4, -0.2) is 107 Å². The molecule has 4 amide bonds. The van der Waals surface area contributed by atoms with Crippen LogP contribution in [0.2, 0.25) is 0 Å². The molecule has 0 radical (unpaired) electrons. The predicted octanol–water partition coefficient (Wildman–Crippen LogP) is 3.89. The Morgan fingerprint density at radius 3 is 2.21 bits per heavy atom. The van der Waals surface area contributed by atoms with Gasteiger partial charge in [-0.15, -0.1) is 0 Å². The Morgan fingerprint density at radius 2 is 1.48 bits per heavy atom. The SMILES string of the molecule is NC1=C(N2CC3CCC(C2)N3c2cccc(CC3CCN(C(=O)C4CCN(c5ccc6c(c5)C(=O)N(C5CCC(=O)NC5)C6=O)CC4)CC3)c2)C=C(c2ccccc2O)NN1. The first kappa shape index (κ1) is 39.0. The fourth-order valence-electron chi connectivity index (χ4n) is 11.0. The van der Waals surface area contributed by atoms with Gasteiger partial charge < -0.3 is 35.8 Å². The summed E-state index contributed by atoms with van der Waals surface area (Å²) in [5, 5.41) is 13.3. The van der Waals surface area contributed by atoms with E-state index in [2.05, 4.69) is 60.0 Å². The minimum absolute atomic E-state index is 0.0101. The molecule has 3 unspecified atom stereocenters. The van der Waals surface area contributed by atoms with Crippen molar-refractivity contribution in [2.75, 3.05) is 55.6 Å². The summed E-state index contributed by atoms with van der Waals surface area (Å²) >= 11 is 0. The summed E-state index contributed by atoms with van der Waals surface area (Å²) in [6.45, 7) is 5.06. The molecule has 0 saturated carbocycles. The van der Waals surface area contributed by atoms with Crippen LogP contribution in [-0.2, 0) is 16.0 Å². The number of aromatic hydroxyl groups is 1. The molecule has 61 heavy (non-hydrogen) atoms. The molecule has 0 spiro atoms. The first-order valence-electron chi connectivity index (χ1n) is 22.1. The standard InChI is InChI=1S/C47H55N9O5/c48-44-41(25-40(50-51-44)38-6-1-2-7-42(38)57)54-27-35-8-9-36(28-54)55(35)33-5-3-4-30(23-33)22-29-14-18-53(19-15-29)45(59)31-16-20-52(21-17-31)32-10-12-37-39(24-32)47(61)56(46(37)60)34-11-13-43(58)49-26-34/h1-7,10,12,23-25,29,31,34-36,50-51,57H,8-9,11,13-22,26-28,48H2,(H,49,58). The van der Waals surface area contributed by atoms with Crippen molar-refractivity contribution >= 4 is 40.7 Å². The number of hydrazine groups is 1. The van der Waals surface area contributed by atoms with Crippen molar-refractivity contribution in [2.24, 2.45) is 17.6 Å². The van der Waals surface area contributed by atoms with Gasteiger partial charge in [-0.25, -0.2) is 0 Å². The Morgan fingerprint density at radius 1 is 0.721 bits per heavy atom. The van der Waals surface area contributed by atoms with Gasteiger partial charge in [-0.3, -0.25) is 34.9 Å². The number of para-hydroxylation sites is 1. The van der Waals surface area contributed by atoms with Gasteiger partial charge in [0.1, 0.15) is 11.6 Å². The van der Waals surface area contributed by atoms with E-state index in [0.717, 1.165) is 107 Å². The second kappa shape index (κ2) is 16.0. The van der Waals surface area contributed by atoms with Crippen LogP contribution in [0.15, 0.2) is 84.3 Å². The minimum atomic E-state index is -0.325. The number of piperidine rings is 3. The number of rotatable bonds is 8. The monoisotopic (exact) mass is 825 g/mol. The maximum atomic E-state index is 13.8. The average Bonchev–Trinajstić information content (AvgIpc) is 3.70. The first-order valence-corrected chi connectivity index (χ1v) is 22.1. The molecule has 3 aromatic carbocycles. The summed E-state index contributed by atoms with van der Waals surface area (Å²) in [6.07, 6.45) is 9.62. The molecule has 7 aliphatic heterocycles. The van der Waals surface area contributed by atoms with Crippen molar-refractivity contribution in [2.45, 2.75) is 75.9 Å². The molecule has 7 aliphatic rings. The Kier molecular flexibility index (Phi) is 10.2. The molecule has 0 aliphatic carbocycles. The van der Waals surface area contributed by atoms with Crippen molar-refractivity contribution in [3.63, 3.8) is 0 Å². The van der Waals surface area contributed by atoms with Crippen molar-refractivity contribution in [3.8, 4) is 5.75 Å². The largest absolute Gasteiger partial charge is 0.507 e. The highest BCUT2D eigenvalue weighted by Gasteiger charge is 2.43. The number of phenols is 1. The topological polar surface area (TPSA) is 167 Å². The number of nitrogens with zero attached hydrogens (tertiary/aromatic N) is 5. The van der Waals surface area contributed by atoms with Gasteiger partial charge in [0, 0.05) is 87.2 Å². The number of nitrogens with two attached hydrogens (primary N) is 1. The van der Waals surface area contributed by atoms with Crippen LogP contribution in [0.3, 0.4) is 0 Å². The molecule has 14 nitrogen and oxygen atoms in total. The summed E-state index contributed by atoms with van der Waals surface area (Å²) in [7, 11) is 0. The van der Waals surface area contributed by atoms with Gasteiger partial charge in [-0.05, 0) is 111 Å². The fourth-order valence-corrected chi connectivity index (χ4v) is 11.0.